The summed E-state index contributed by atoms with van der Waals surface area (Å²) in [5.41, 5.74) is 0. The van der Waals surface area contributed by atoms with Crippen LogP contribution in [0.2, 0.25) is 0 Å². The number of rotatable bonds is 34. The van der Waals surface area contributed by atoms with Crippen molar-refractivity contribution in [3.8, 4) is 0 Å². The van der Waals surface area contributed by atoms with Crippen molar-refractivity contribution in [2.45, 2.75) is 323 Å². The Balaban J connectivity index is 1.13. The first-order valence-electron chi connectivity index (χ1n) is 36.8. The van der Waals surface area contributed by atoms with Crippen LogP contribution in [-0.2, 0) is 104 Å². The van der Waals surface area contributed by atoms with Gasteiger partial charge in [0.25, 0.3) is 5.79 Å². The van der Waals surface area contributed by atoms with Crippen LogP contribution in [0, 0.1) is 0 Å². The number of amides is 3. The van der Waals surface area contributed by atoms with Gasteiger partial charge in [0.2, 0.25) is 17.7 Å². The Hall–Kier alpha value is -4.29. The highest BCUT2D eigenvalue weighted by atomic mass is 16.8. The maximum atomic E-state index is 13.5. The van der Waals surface area contributed by atoms with Gasteiger partial charge in [0.05, 0.1) is 77.5 Å². The van der Waals surface area contributed by atoms with Crippen LogP contribution < -0.4 is 16.0 Å². The Morgan fingerprint density at radius 2 is 0.845 bits per heavy atom. The topological polar surface area (TPSA) is 804 Å². The number of ether oxygens (including phenoxy) is 17. The van der Waals surface area contributed by atoms with Crippen LogP contribution in [0.1, 0.15) is 48.0 Å². The van der Waals surface area contributed by atoms with Crippen molar-refractivity contribution in [3.05, 3.63) is 0 Å². The van der Waals surface area contributed by atoms with Gasteiger partial charge >= 0.3 is 11.9 Å². The fraction of sp³-hybridized carbons (Fsp3) is 0.923. The summed E-state index contributed by atoms with van der Waals surface area (Å²) in [7, 11) is 0. The van der Waals surface area contributed by atoms with Crippen LogP contribution in [0.15, 0.2) is 0 Å². The molecule has 0 radical (unpaired) electrons. The zero-order valence-corrected chi connectivity index (χ0v) is 62.9. The largest absolute Gasteiger partial charge is 0.477 e. The molecule has 0 spiro atoms. The molecule has 8 aliphatic rings. The Bertz CT molecular complexity index is 3110. The first-order valence-corrected chi connectivity index (χ1v) is 36.8. The number of carbonyl (C=O) groups is 5. The van der Waals surface area contributed by atoms with Gasteiger partial charge in [-0.1, -0.05) is 0 Å². The second-order valence-electron chi connectivity index (χ2n) is 29.2. The number of aliphatic hydroxyl groups excluding tert-OH is 25. The Labute approximate surface area is 657 Å². The molecule has 0 aliphatic carbocycles. The summed E-state index contributed by atoms with van der Waals surface area (Å²) in [6.07, 6.45) is -89.2. The summed E-state index contributed by atoms with van der Waals surface area (Å²) in [4.78, 5) is 65.2. The molecule has 0 saturated carbocycles. The van der Waals surface area contributed by atoms with Crippen molar-refractivity contribution < 1.29 is 237 Å². The van der Waals surface area contributed by atoms with Crippen LogP contribution in [0.5, 0.6) is 0 Å². The van der Waals surface area contributed by atoms with Gasteiger partial charge in [-0.25, -0.2) is 4.79 Å². The number of nitrogens with one attached hydrogen (secondary N) is 3. The predicted octanol–water partition coefficient (Wildman–Crippen LogP) is -18.7. The Morgan fingerprint density at radius 3 is 1.37 bits per heavy atom. The molecule has 51 heteroatoms. The van der Waals surface area contributed by atoms with Crippen molar-refractivity contribution in [2.24, 2.45) is 0 Å². The number of aliphatic carboxylic acids is 1. The zero-order valence-electron chi connectivity index (χ0n) is 62.9. The quantitative estimate of drug-likeness (QED) is 0.0266. The van der Waals surface area contributed by atoms with Gasteiger partial charge in [-0.15, -0.1) is 0 Å². The van der Waals surface area contributed by atoms with Crippen LogP contribution in [0.3, 0.4) is 0 Å². The second-order valence-corrected chi connectivity index (χ2v) is 29.2. The van der Waals surface area contributed by atoms with Crippen LogP contribution in [-0.4, -0.2) is 491 Å². The van der Waals surface area contributed by atoms with Crippen molar-refractivity contribution >= 4 is 29.7 Å². The van der Waals surface area contributed by atoms with Crippen molar-refractivity contribution in [3.63, 3.8) is 0 Å². The molecule has 3 amide bonds. The molecule has 8 rings (SSSR count). The van der Waals surface area contributed by atoms with Crippen LogP contribution in [0.4, 0.5) is 0 Å². The molecule has 0 aromatic rings. The minimum absolute atomic E-state index is 0.853. The van der Waals surface area contributed by atoms with Crippen LogP contribution in [0.25, 0.3) is 0 Å². The number of hydrogen-bond donors (Lipinski definition) is 29. The molecule has 0 aromatic heterocycles. The SMILES string of the molecule is CC(=O)N[C@H]1[C@H](O[C@H]2[C@@H](O)[C@@H](CO[C@@H]3O[C@H](CO)[C@@H](O[C@@H]4O[C@H](CO)[C@H](O)[C@H](O)[C@H]4O[C@@H]4O[C@@H](C)[C@@H](O)[C@@H](O)[C@@H]4O)[C@H](O[C@@H]4O[C@@H](C)[C@@H](O)[C@@H](O)[C@@H]4O)[C@H]3NC(C)=O)O[C@@H](O[C@@H]([C@H](O)[C@@H](O)CO)[C@H](O)CO)[C@@H]2O)O[C@H](CO)[C@@H](O[C@@H]2O[C@H](CO)[C@H](O)[C@H](O[C@]3(C(=O)O)C[C@H](OC(C)=O)[C@@H](NC(C)=O)[C@H]([C@H](O)[C@H](O)CO)O3)[C@H]2O)[C@@H]1O. The first-order chi connectivity index (χ1) is 54.6. The number of carbonyl (C=O) groups excluding carboxylic acids is 4. The third-order valence-corrected chi connectivity index (χ3v) is 20.8. The lowest BCUT2D eigenvalue weighted by atomic mass is 9.87. The maximum absolute atomic E-state index is 13.5. The summed E-state index contributed by atoms with van der Waals surface area (Å²) >= 11 is 0. The molecular formula is C65H109N3O48. The highest BCUT2D eigenvalue weighted by molar-refractivity contribution is 5.77. The van der Waals surface area contributed by atoms with Crippen LogP contribution >= 0.6 is 0 Å². The number of aliphatic hydroxyl groups is 25. The molecule has 8 fully saturated rings. The normalized spacial score (nSPS) is 45.3. The molecule has 0 bridgehead atoms. The van der Waals surface area contributed by atoms with E-state index in [0.29, 0.717) is 0 Å². The smallest absolute Gasteiger partial charge is 0.364 e. The molecule has 8 saturated heterocycles. The zero-order chi connectivity index (χ0) is 86.3. The van der Waals surface area contributed by atoms with Gasteiger partial charge in [-0.2, -0.15) is 0 Å². The van der Waals surface area contributed by atoms with E-state index in [1.54, 1.807) is 0 Å². The molecule has 0 unspecified atom stereocenters. The summed E-state index contributed by atoms with van der Waals surface area (Å²) in [6, 6.07) is -5.86. The lowest BCUT2D eigenvalue weighted by molar-refractivity contribution is -0.395. The van der Waals surface area contributed by atoms with E-state index in [4.69, 9.17) is 80.5 Å². The van der Waals surface area contributed by atoms with E-state index in [-0.39, 0.29) is 0 Å². The van der Waals surface area contributed by atoms with E-state index in [1.165, 1.54) is 13.8 Å². The summed E-state index contributed by atoms with van der Waals surface area (Å²) in [5, 5.41) is 294. The van der Waals surface area contributed by atoms with Crippen molar-refractivity contribution in [1.29, 1.82) is 0 Å². The molecule has 0 aromatic carbocycles. The second kappa shape index (κ2) is 42.2. The van der Waals surface area contributed by atoms with Crippen molar-refractivity contribution in [2.75, 3.05) is 52.9 Å². The van der Waals surface area contributed by atoms with E-state index in [0.717, 1.165) is 27.7 Å². The van der Waals surface area contributed by atoms with Gasteiger partial charge in [0.1, 0.15) is 207 Å². The molecule has 29 N–H and O–H groups in total. The number of esters is 1. The molecule has 8 aliphatic heterocycles. The standard InChI is InChI=1S/C65H109N3O48/c1-16-34(83)42(91)45(94)59(101-16)112-53-33(68-20(5)78)57(106-29(14-75)51(53)111-63-56(44(93)38(87)26(11-72)105-63)114-60-46(95)43(92)35(84)17(2)102-60)100-15-30-40(89)54(47(96)61(108-30)109-49(24(82)10-71)36(85)22(80)8-69)113-58-32(67-19(4)77)41(90)50(28(13-74)107-58)110-62-48(97)55(39(88)27(12-73)104-62)116-65(64(98)99)7-25(103-21(6)79)31(66-18(3)76)52(115-65)37(86)23(81)9-70/h16-17,22-63,69-75,80-97H,7-15H2,1-6H3,(H,66,76)(H,67,77)(H,68,78)(H,98,99)/t16-,17-,22-,23+,24+,25-,26+,27+,28+,29+,30+,31+,32+,33+,34+,35+,36+,37+,38-,39-,40-,41+,42+,43+,44-,45-,46-,47+,48+,49+,50+,51+,52+,53+,54-,55-,56+,57+,58-,59-,60-,61-,62-,63-,65-/m0/s1. The first kappa shape index (κ1) is 97.2. The van der Waals surface area contributed by atoms with Gasteiger partial charge in [-0.05, 0) is 13.8 Å². The lowest BCUT2D eigenvalue weighted by Gasteiger charge is -2.51. The molecule has 116 heavy (non-hydrogen) atoms. The Kier molecular flexibility index (Phi) is 35.3. The van der Waals surface area contributed by atoms with Gasteiger partial charge in [0, 0.05) is 27.7 Å². The summed E-state index contributed by atoms with van der Waals surface area (Å²) in [5.74, 6) is -9.60. The average Bonchev–Trinajstić information content (AvgIpc) is 0.754. The van der Waals surface area contributed by atoms with E-state index >= 15 is 0 Å². The van der Waals surface area contributed by atoms with Crippen molar-refractivity contribution in [1.82, 2.24) is 16.0 Å². The van der Waals surface area contributed by atoms with Gasteiger partial charge in [0.15, 0.2) is 44.0 Å². The minimum atomic E-state index is -3.34. The van der Waals surface area contributed by atoms with E-state index in [9.17, 15) is 157 Å². The van der Waals surface area contributed by atoms with E-state index in [2.05, 4.69) is 16.0 Å². The molecule has 51 nitrogen and oxygen atoms in total. The third-order valence-electron chi connectivity index (χ3n) is 20.8. The monoisotopic (exact) mass is 1700 g/mol. The van der Waals surface area contributed by atoms with E-state index in [1.807, 2.05) is 0 Å². The molecule has 8 heterocycles. The summed E-state index contributed by atoms with van der Waals surface area (Å²) in [6.45, 7) is -3.79. The highest BCUT2D eigenvalue weighted by Crippen LogP contribution is 2.42. The highest BCUT2D eigenvalue weighted by Gasteiger charge is 2.64. The average molecular weight is 1700 g/mol. The minimum Gasteiger partial charge on any atom is -0.477 e. The van der Waals surface area contributed by atoms with Gasteiger partial charge in [-0.3, -0.25) is 19.2 Å². The van der Waals surface area contributed by atoms with E-state index < -0.39 is 364 Å². The Morgan fingerprint density at radius 1 is 0.405 bits per heavy atom. The lowest BCUT2D eigenvalue weighted by Crippen LogP contribution is -2.71. The third kappa shape index (κ3) is 21.8. The molecule has 672 valence electrons. The molecule has 45 atom stereocenters. The maximum Gasteiger partial charge on any atom is 0.364 e. The fourth-order valence-corrected chi connectivity index (χ4v) is 14.6. The fourth-order valence-electron chi connectivity index (χ4n) is 14.6. The van der Waals surface area contributed by atoms with Gasteiger partial charge < -0.3 is 229 Å². The number of carboxylic acid groups (broad SMARTS) is 1. The molecular weight excluding hydrogens is 1590 g/mol. The predicted molar refractivity (Wildman–Crippen MR) is 358 cm³/mol. The summed E-state index contributed by atoms with van der Waals surface area (Å²) < 4.78 is 101. The number of hydrogen-bond acceptors (Lipinski definition) is 47. The number of carboxylic acids is 1.